The van der Waals surface area contributed by atoms with Crippen LogP contribution in [-0.4, -0.2) is 4.98 Å². The van der Waals surface area contributed by atoms with Crippen molar-refractivity contribution in [3.63, 3.8) is 0 Å². The monoisotopic (exact) mass is 266 g/mol. The summed E-state index contributed by atoms with van der Waals surface area (Å²) in [6, 6.07) is 7.85. The Hall–Kier alpha value is -1.65. The Labute approximate surface area is 109 Å². The molecule has 2 aromatic rings. The zero-order valence-electron chi connectivity index (χ0n) is 9.73. The van der Waals surface area contributed by atoms with E-state index < -0.39 is 5.82 Å². The third-order valence-electron chi connectivity index (χ3n) is 2.37. The number of halogens is 2. The van der Waals surface area contributed by atoms with Gasteiger partial charge >= 0.3 is 0 Å². The minimum Gasteiger partial charge on any atom is -0.453 e. The zero-order valence-corrected chi connectivity index (χ0v) is 10.5. The van der Waals surface area contributed by atoms with Crippen molar-refractivity contribution in [2.75, 3.05) is 0 Å². The van der Waals surface area contributed by atoms with Crippen LogP contribution in [0.15, 0.2) is 36.5 Å². The molecular formula is C13H12ClFN2O. The van der Waals surface area contributed by atoms with Crippen LogP contribution in [0.1, 0.15) is 18.7 Å². The Balaban J connectivity index is 2.21. The minimum atomic E-state index is -0.588. The van der Waals surface area contributed by atoms with Crippen molar-refractivity contribution in [1.29, 1.82) is 0 Å². The van der Waals surface area contributed by atoms with Gasteiger partial charge in [0.1, 0.15) is 5.75 Å². The van der Waals surface area contributed by atoms with Gasteiger partial charge in [0.2, 0.25) is 0 Å². The second kappa shape index (κ2) is 5.33. The van der Waals surface area contributed by atoms with Crippen LogP contribution in [-0.2, 0) is 0 Å². The lowest BCUT2D eigenvalue weighted by molar-refractivity contribution is 0.440. The molecule has 1 aromatic carbocycles. The summed E-state index contributed by atoms with van der Waals surface area (Å²) >= 11 is 5.66. The van der Waals surface area contributed by atoms with Crippen molar-refractivity contribution in [2.24, 2.45) is 5.73 Å². The van der Waals surface area contributed by atoms with Gasteiger partial charge < -0.3 is 10.5 Å². The SMILES string of the molecule is C[C@@H](N)c1ccc(Oc2cccc(Cl)c2F)cn1. The van der Waals surface area contributed by atoms with Crippen LogP contribution in [0, 0.1) is 5.82 Å². The summed E-state index contributed by atoms with van der Waals surface area (Å²) in [7, 11) is 0. The van der Waals surface area contributed by atoms with Gasteiger partial charge in [0.15, 0.2) is 11.6 Å². The predicted octanol–water partition coefficient (Wildman–Crippen LogP) is 3.69. The van der Waals surface area contributed by atoms with Gasteiger partial charge in [-0.25, -0.2) is 4.39 Å². The van der Waals surface area contributed by atoms with E-state index in [9.17, 15) is 4.39 Å². The summed E-state index contributed by atoms with van der Waals surface area (Å²) in [4.78, 5) is 4.12. The normalized spacial score (nSPS) is 12.2. The molecule has 3 nitrogen and oxygen atoms in total. The van der Waals surface area contributed by atoms with Gasteiger partial charge in [-0.2, -0.15) is 0 Å². The lowest BCUT2D eigenvalue weighted by Crippen LogP contribution is -2.06. The maximum atomic E-state index is 13.6. The van der Waals surface area contributed by atoms with E-state index in [-0.39, 0.29) is 16.8 Å². The van der Waals surface area contributed by atoms with Crippen molar-refractivity contribution < 1.29 is 9.13 Å². The Morgan fingerprint density at radius 3 is 2.72 bits per heavy atom. The Bertz CT molecular complexity index is 543. The fourth-order valence-corrected chi connectivity index (χ4v) is 1.58. The van der Waals surface area contributed by atoms with Crippen LogP contribution < -0.4 is 10.5 Å². The van der Waals surface area contributed by atoms with E-state index in [0.29, 0.717) is 5.75 Å². The lowest BCUT2D eigenvalue weighted by Gasteiger charge is -2.08. The third-order valence-corrected chi connectivity index (χ3v) is 2.66. The molecule has 0 saturated carbocycles. The van der Waals surface area contributed by atoms with Crippen LogP contribution in [0.3, 0.4) is 0 Å². The van der Waals surface area contributed by atoms with Crippen LogP contribution >= 0.6 is 11.6 Å². The first-order valence-corrected chi connectivity index (χ1v) is 5.79. The number of pyridine rings is 1. The van der Waals surface area contributed by atoms with Crippen LogP contribution in [0.2, 0.25) is 5.02 Å². The highest BCUT2D eigenvalue weighted by molar-refractivity contribution is 6.30. The van der Waals surface area contributed by atoms with Crippen molar-refractivity contribution in [3.05, 3.63) is 53.1 Å². The predicted molar refractivity (Wildman–Crippen MR) is 68.3 cm³/mol. The van der Waals surface area contributed by atoms with Crippen molar-refractivity contribution in [1.82, 2.24) is 4.98 Å². The van der Waals surface area contributed by atoms with E-state index in [4.69, 9.17) is 22.1 Å². The van der Waals surface area contributed by atoms with Gasteiger partial charge in [-0.1, -0.05) is 17.7 Å². The highest BCUT2D eigenvalue weighted by atomic mass is 35.5. The Morgan fingerprint density at radius 2 is 2.11 bits per heavy atom. The molecule has 1 atom stereocenters. The number of benzene rings is 1. The molecule has 2 N–H and O–H groups in total. The van der Waals surface area contributed by atoms with Crippen LogP contribution in [0.25, 0.3) is 0 Å². The molecule has 18 heavy (non-hydrogen) atoms. The first-order chi connectivity index (χ1) is 8.58. The molecule has 1 aromatic heterocycles. The highest BCUT2D eigenvalue weighted by Crippen LogP contribution is 2.28. The standard InChI is InChI=1S/C13H12ClFN2O/c1-8(16)11-6-5-9(7-17-11)18-12-4-2-3-10(14)13(12)15/h2-8H,16H2,1H3/t8-/m1/s1. The number of hydrogen-bond acceptors (Lipinski definition) is 3. The number of rotatable bonds is 3. The maximum absolute atomic E-state index is 13.6. The summed E-state index contributed by atoms with van der Waals surface area (Å²) < 4.78 is 19.0. The van der Waals surface area contributed by atoms with Gasteiger partial charge in [-0.3, -0.25) is 4.98 Å². The molecule has 0 unspecified atom stereocenters. The van der Waals surface area contributed by atoms with Gasteiger partial charge in [-0.05, 0) is 31.2 Å². The number of nitrogens with two attached hydrogens (primary N) is 1. The molecule has 94 valence electrons. The van der Waals surface area contributed by atoms with E-state index in [1.807, 2.05) is 6.92 Å². The fraction of sp³-hybridized carbons (Fsp3) is 0.154. The fourth-order valence-electron chi connectivity index (χ4n) is 1.41. The molecule has 0 aliphatic heterocycles. The number of ether oxygens (including phenoxy) is 1. The summed E-state index contributed by atoms with van der Waals surface area (Å²) in [5.41, 5.74) is 6.42. The molecule has 0 fully saturated rings. The molecule has 0 spiro atoms. The number of hydrogen-bond donors (Lipinski definition) is 1. The van der Waals surface area contributed by atoms with Crippen LogP contribution in [0.5, 0.6) is 11.5 Å². The molecule has 0 aliphatic carbocycles. The molecule has 1 heterocycles. The first-order valence-electron chi connectivity index (χ1n) is 5.41. The maximum Gasteiger partial charge on any atom is 0.184 e. The Kier molecular flexibility index (Phi) is 3.79. The molecular weight excluding hydrogens is 255 g/mol. The quantitative estimate of drug-likeness (QED) is 0.922. The molecule has 0 bridgehead atoms. The van der Waals surface area contributed by atoms with Gasteiger partial charge in [0.05, 0.1) is 16.9 Å². The molecule has 0 saturated heterocycles. The number of nitrogens with zero attached hydrogens (tertiary/aromatic N) is 1. The van der Waals surface area contributed by atoms with Gasteiger partial charge in [0, 0.05) is 6.04 Å². The lowest BCUT2D eigenvalue weighted by atomic mass is 10.2. The summed E-state index contributed by atoms with van der Waals surface area (Å²) in [6.07, 6.45) is 1.50. The molecule has 5 heteroatoms. The average molecular weight is 267 g/mol. The second-order valence-corrected chi connectivity index (χ2v) is 4.27. The van der Waals surface area contributed by atoms with Gasteiger partial charge in [0.25, 0.3) is 0 Å². The molecule has 0 radical (unpaired) electrons. The van der Waals surface area contributed by atoms with Crippen molar-refractivity contribution >= 4 is 11.6 Å². The molecule has 0 aliphatic rings. The van der Waals surface area contributed by atoms with Crippen molar-refractivity contribution in [2.45, 2.75) is 13.0 Å². The summed E-state index contributed by atoms with van der Waals surface area (Å²) in [5, 5.41) is 0.0210. The smallest absolute Gasteiger partial charge is 0.184 e. The average Bonchev–Trinajstić information content (AvgIpc) is 2.36. The van der Waals surface area contributed by atoms with E-state index >= 15 is 0 Å². The minimum absolute atomic E-state index is 0.0210. The largest absolute Gasteiger partial charge is 0.453 e. The van der Waals surface area contributed by atoms with E-state index in [0.717, 1.165) is 5.69 Å². The van der Waals surface area contributed by atoms with E-state index in [1.165, 1.54) is 18.3 Å². The van der Waals surface area contributed by atoms with Gasteiger partial charge in [-0.15, -0.1) is 0 Å². The second-order valence-electron chi connectivity index (χ2n) is 3.86. The van der Waals surface area contributed by atoms with E-state index in [2.05, 4.69) is 4.98 Å². The first kappa shape index (κ1) is 12.8. The number of aromatic nitrogens is 1. The van der Waals surface area contributed by atoms with Crippen molar-refractivity contribution in [3.8, 4) is 11.5 Å². The summed E-state index contributed by atoms with van der Waals surface area (Å²) in [6.45, 7) is 1.83. The third kappa shape index (κ3) is 2.78. The van der Waals surface area contributed by atoms with Crippen LogP contribution in [0.4, 0.5) is 4.39 Å². The summed E-state index contributed by atoms with van der Waals surface area (Å²) in [5.74, 6) is -0.0890. The molecule has 2 rings (SSSR count). The highest BCUT2D eigenvalue weighted by Gasteiger charge is 2.09. The zero-order chi connectivity index (χ0) is 13.1. The van der Waals surface area contributed by atoms with E-state index in [1.54, 1.807) is 18.2 Å². The topological polar surface area (TPSA) is 48.1 Å². The molecule has 0 amide bonds. The Morgan fingerprint density at radius 1 is 1.33 bits per heavy atom.